The third-order valence-electron chi connectivity index (χ3n) is 5.19. The molecule has 0 N–H and O–H groups in total. The summed E-state index contributed by atoms with van der Waals surface area (Å²) in [6, 6.07) is 15.7. The van der Waals surface area contributed by atoms with E-state index in [0.29, 0.717) is 11.1 Å². The lowest BCUT2D eigenvalue weighted by molar-refractivity contribution is -0.170. The van der Waals surface area contributed by atoms with Gasteiger partial charge in [0.1, 0.15) is 6.10 Å². The van der Waals surface area contributed by atoms with Crippen LogP contribution in [0.5, 0.6) is 0 Å². The van der Waals surface area contributed by atoms with Gasteiger partial charge in [-0.25, -0.2) is 14.4 Å². The van der Waals surface area contributed by atoms with Crippen LogP contribution in [0.3, 0.4) is 0 Å². The number of carbonyl (C=O) groups excluding carboxylic acids is 3. The highest BCUT2D eigenvalue weighted by Crippen LogP contribution is 2.51. The second-order valence-electron chi connectivity index (χ2n) is 7.18. The summed E-state index contributed by atoms with van der Waals surface area (Å²) in [6.07, 6.45) is -1.05. The molecule has 2 atom stereocenters. The molecule has 0 saturated carbocycles. The normalized spacial score (nSPS) is 20.1. The molecule has 0 bridgehead atoms. The van der Waals surface area contributed by atoms with Crippen molar-refractivity contribution < 1.29 is 33.3 Å². The Morgan fingerprint density at radius 2 is 1.50 bits per heavy atom. The van der Waals surface area contributed by atoms with Crippen LogP contribution < -0.4 is 0 Å². The third kappa shape index (κ3) is 4.03. The molecule has 1 heterocycles. The van der Waals surface area contributed by atoms with Crippen LogP contribution in [0, 0.1) is 6.92 Å². The Hall–Kier alpha value is -3.45. The molecule has 32 heavy (non-hydrogen) atoms. The van der Waals surface area contributed by atoms with E-state index in [0.717, 1.165) is 5.56 Å². The number of hydrogen-bond acceptors (Lipinski definition) is 7. The highest BCUT2D eigenvalue weighted by atomic mass is 16.6. The van der Waals surface area contributed by atoms with Crippen molar-refractivity contribution in [3.63, 3.8) is 0 Å². The van der Waals surface area contributed by atoms with Crippen molar-refractivity contribution in [3.05, 3.63) is 82.4 Å². The van der Waals surface area contributed by atoms with E-state index >= 15 is 0 Å². The molecule has 1 aliphatic rings. The van der Waals surface area contributed by atoms with Gasteiger partial charge in [0.15, 0.2) is 0 Å². The molecule has 1 aliphatic heterocycles. The van der Waals surface area contributed by atoms with Crippen LogP contribution in [0.25, 0.3) is 0 Å². The highest BCUT2D eigenvalue weighted by Gasteiger charge is 2.60. The van der Waals surface area contributed by atoms with Crippen molar-refractivity contribution in [3.8, 4) is 0 Å². The highest BCUT2D eigenvalue weighted by molar-refractivity contribution is 6.09. The van der Waals surface area contributed by atoms with E-state index in [-0.39, 0.29) is 24.4 Å². The standard InChI is InChI=1S/C25H26O7/c1-5-30-22(26)19-20(23(27)31-6-2)25(24(28)29-4,18-10-8-7-9-11-18)32-21(19)17-14-12-16(3)13-15-17/h7-15,21H,5-6H2,1-4H3/t21-,25+/m0/s1. The Kier molecular flexibility index (Phi) is 7.10. The summed E-state index contributed by atoms with van der Waals surface area (Å²) in [4.78, 5) is 39.6. The van der Waals surface area contributed by atoms with E-state index < -0.39 is 29.6 Å². The first-order valence-electron chi connectivity index (χ1n) is 10.4. The number of ether oxygens (including phenoxy) is 4. The largest absolute Gasteiger partial charge is 0.466 e. The van der Waals surface area contributed by atoms with Crippen molar-refractivity contribution >= 4 is 17.9 Å². The van der Waals surface area contributed by atoms with Crippen LogP contribution in [0.2, 0.25) is 0 Å². The van der Waals surface area contributed by atoms with Crippen LogP contribution >= 0.6 is 0 Å². The Bertz CT molecular complexity index is 1020. The van der Waals surface area contributed by atoms with Gasteiger partial charge in [0, 0.05) is 0 Å². The molecule has 0 spiro atoms. The minimum Gasteiger partial charge on any atom is -0.466 e. The van der Waals surface area contributed by atoms with Crippen LogP contribution in [-0.2, 0) is 38.9 Å². The Labute approximate surface area is 186 Å². The first-order chi connectivity index (χ1) is 15.4. The fraction of sp³-hybridized carbons (Fsp3) is 0.320. The smallest absolute Gasteiger partial charge is 0.347 e. The second kappa shape index (κ2) is 9.78. The van der Waals surface area contributed by atoms with Gasteiger partial charge in [-0.05, 0) is 31.9 Å². The summed E-state index contributed by atoms with van der Waals surface area (Å²) >= 11 is 0. The summed E-state index contributed by atoms with van der Waals surface area (Å²) in [5, 5.41) is 0. The zero-order valence-electron chi connectivity index (χ0n) is 18.5. The summed E-state index contributed by atoms with van der Waals surface area (Å²) < 4.78 is 21.9. The van der Waals surface area contributed by atoms with Gasteiger partial charge in [0.05, 0.1) is 31.5 Å². The third-order valence-corrected chi connectivity index (χ3v) is 5.19. The molecule has 2 aromatic rings. The van der Waals surface area contributed by atoms with Crippen LogP contribution in [0.4, 0.5) is 0 Å². The monoisotopic (exact) mass is 438 g/mol. The number of rotatable bonds is 7. The van der Waals surface area contributed by atoms with Crippen LogP contribution in [0.15, 0.2) is 65.7 Å². The summed E-state index contributed by atoms with van der Waals surface area (Å²) in [5.41, 5.74) is -0.389. The molecular weight excluding hydrogens is 412 g/mol. The quantitative estimate of drug-likeness (QED) is 0.482. The lowest BCUT2D eigenvalue weighted by Gasteiger charge is -2.29. The summed E-state index contributed by atoms with van der Waals surface area (Å²) in [6.45, 7) is 5.34. The van der Waals surface area contributed by atoms with Crippen molar-refractivity contribution in [1.82, 2.24) is 0 Å². The number of carbonyl (C=O) groups is 3. The molecule has 0 unspecified atom stereocenters. The topological polar surface area (TPSA) is 88.1 Å². The minimum atomic E-state index is -2.00. The van der Waals surface area contributed by atoms with Gasteiger partial charge < -0.3 is 18.9 Å². The number of esters is 3. The van der Waals surface area contributed by atoms with Crippen LogP contribution in [-0.4, -0.2) is 38.2 Å². The zero-order chi connectivity index (χ0) is 23.3. The Morgan fingerprint density at radius 1 is 0.906 bits per heavy atom. The fourth-order valence-electron chi connectivity index (χ4n) is 3.76. The van der Waals surface area contributed by atoms with E-state index in [1.54, 1.807) is 56.3 Å². The first kappa shape index (κ1) is 23.2. The molecule has 0 amide bonds. The van der Waals surface area contributed by atoms with E-state index in [4.69, 9.17) is 18.9 Å². The van der Waals surface area contributed by atoms with E-state index in [2.05, 4.69) is 0 Å². The molecule has 0 fully saturated rings. The average Bonchev–Trinajstić information content (AvgIpc) is 3.17. The molecule has 3 rings (SSSR count). The number of hydrogen-bond donors (Lipinski definition) is 0. The number of benzene rings is 2. The van der Waals surface area contributed by atoms with Gasteiger partial charge in [-0.3, -0.25) is 0 Å². The van der Waals surface area contributed by atoms with Gasteiger partial charge in [0.2, 0.25) is 5.60 Å². The van der Waals surface area contributed by atoms with Gasteiger partial charge in [-0.1, -0.05) is 60.2 Å². The molecule has 0 aliphatic carbocycles. The van der Waals surface area contributed by atoms with Crippen molar-refractivity contribution in [2.75, 3.05) is 20.3 Å². The molecule has 0 aromatic heterocycles. The van der Waals surface area contributed by atoms with Gasteiger partial charge in [-0.15, -0.1) is 0 Å². The number of methoxy groups -OCH3 is 1. The SMILES string of the molecule is CCOC(=O)C1=C(C(=O)OCC)[C@@](C(=O)OC)(c2ccccc2)O[C@H]1c1ccc(C)cc1. The van der Waals surface area contributed by atoms with E-state index in [1.165, 1.54) is 7.11 Å². The maximum absolute atomic E-state index is 13.3. The second-order valence-corrected chi connectivity index (χ2v) is 7.18. The maximum Gasteiger partial charge on any atom is 0.347 e. The lowest BCUT2D eigenvalue weighted by Crippen LogP contribution is -2.42. The lowest BCUT2D eigenvalue weighted by atomic mass is 9.84. The van der Waals surface area contributed by atoms with Crippen LogP contribution in [0.1, 0.15) is 36.6 Å². The molecule has 168 valence electrons. The average molecular weight is 438 g/mol. The van der Waals surface area contributed by atoms with Crippen molar-refractivity contribution in [2.24, 2.45) is 0 Å². The Morgan fingerprint density at radius 3 is 2.06 bits per heavy atom. The van der Waals surface area contributed by atoms with Gasteiger partial charge >= 0.3 is 17.9 Å². The van der Waals surface area contributed by atoms with Crippen molar-refractivity contribution in [1.29, 1.82) is 0 Å². The van der Waals surface area contributed by atoms with Gasteiger partial charge in [-0.2, -0.15) is 0 Å². The predicted molar refractivity (Wildman–Crippen MR) is 115 cm³/mol. The summed E-state index contributed by atoms with van der Waals surface area (Å²) in [5.74, 6) is -2.45. The molecule has 7 heteroatoms. The molecule has 0 saturated heterocycles. The predicted octanol–water partition coefficient (Wildman–Crippen LogP) is 3.56. The van der Waals surface area contributed by atoms with E-state index in [9.17, 15) is 14.4 Å². The fourth-order valence-corrected chi connectivity index (χ4v) is 3.76. The molecular formula is C25H26O7. The zero-order valence-corrected chi connectivity index (χ0v) is 18.5. The number of aryl methyl sites for hydroxylation is 1. The molecule has 2 aromatic carbocycles. The van der Waals surface area contributed by atoms with Gasteiger partial charge in [0.25, 0.3) is 0 Å². The summed E-state index contributed by atoms with van der Waals surface area (Å²) in [7, 11) is 1.20. The first-order valence-corrected chi connectivity index (χ1v) is 10.4. The van der Waals surface area contributed by atoms with Crippen molar-refractivity contribution in [2.45, 2.75) is 32.5 Å². The van der Waals surface area contributed by atoms with E-state index in [1.807, 2.05) is 19.1 Å². The molecule has 0 radical (unpaired) electrons. The Balaban J connectivity index is 2.37. The maximum atomic E-state index is 13.3. The minimum absolute atomic E-state index is 0.0413. The molecule has 7 nitrogen and oxygen atoms in total.